The van der Waals surface area contributed by atoms with Crippen LogP contribution in [0.4, 0.5) is 0 Å². The average molecular weight is 241 g/mol. The molecule has 2 heterocycles. The van der Waals surface area contributed by atoms with Crippen molar-refractivity contribution in [2.75, 3.05) is 13.7 Å². The number of ether oxygens (including phenoxy) is 1. The maximum absolute atomic E-state index is 11.5. The van der Waals surface area contributed by atoms with Gasteiger partial charge in [-0.05, 0) is 12.3 Å². The van der Waals surface area contributed by atoms with E-state index in [9.17, 15) is 9.59 Å². The molecule has 16 heavy (non-hydrogen) atoms. The maximum Gasteiger partial charge on any atom is 0.336 e. The fourth-order valence-electron chi connectivity index (χ4n) is 1.86. The number of carbonyl (C=O) groups is 2. The Balaban J connectivity index is 2.37. The van der Waals surface area contributed by atoms with Crippen LogP contribution in [0.1, 0.15) is 6.92 Å². The van der Waals surface area contributed by atoms with Crippen LogP contribution in [0.2, 0.25) is 0 Å². The summed E-state index contributed by atoms with van der Waals surface area (Å²) in [5, 5.41) is 10.8. The third-order valence-corrected chi connectivity index (χ3v) is 3.89. The molecule has 0 aromatic rings. The van der Waals surface area contributed by atoms with Gasteiger partial charge in [0.1, 0.15) is 5.37 Å². The monoisotopic (exact) mass is 241 g/mol. The fourth-order valence-corrected chi connectivity index (χ4v) is 3.09. The van der Waals surface area contributed by atoms with E-state index >= 15 is 0 Å². The Morgan fingerprint density at radius 1 is 1.62 bits per heavy atom. The first-order chi connectivity index (χ1) is 7.56. The highest BCUT2D eigenvalue weighted by Gasteiger charge is 2.42. The molecule has 0 spiro atoms. The number of fused-ring (bicyclic) bond motifs is 1. The second-order valence-corrected chi connectivity index (χ2v) is 4.52. The van der Waals surface area contributed by atoms with E-state index in [0.29, 0.717) is 6.54 Å². The summed E-state index contributed by atoms with van der Waals surface area (Å²) in [6, 6.07) is 0. The summed E-state index contributed by atoms with van der Waals surface area (Å²) < 4.78 is 4.60. The maximum atomic E-state index is 11.5. The number of allylic oxidation sites excluding steroid dienone is 1. The number of aliphatic carboxylic acids is 1. The van der Waals surface area contributed by atoms with E-state index in [4.69, 9.17) is 5.11 Å². The Bertz CT molecular complexity index is 427. The molecule has 0 fully saturated rings. The lowest BCUT2D eigenvalue weighted by Gasteiger charge is -2.19. The van der Waals surface area contributed by atoms with E-state index in [1.165, 1.54) is 18.9 Å². The van der Waals surface area contributed by atoms with E-state index in [1.54, 1.807) is 0 Å². The molecule has 86 valence electrons. The number of methoxy groups -OCH3 is 1. The van der Waals surface area contributed by atoms with Crippen LogP contribution in [0.15, 0.2) is 22.3 Å². The number of carbonyl (C=O) groups excluding carboxylic acids is 1. The molecule has 1 N–H and O–H groups in total. The Kier molecular flexibility index (Phi) is 2.67. The van der Waals surface area contributed by atoms with Crippen molar-refractivity contribution in [1.29, 1.82) is 0 Å². The molecule has 0 amide bonds. The largest absolute Gasteiger partial charge is 0.478 e. The Morgan fingerprint density at radius 2 is 2.31 bits per heavy atom. The lowest BCUT2D eigenvalue weighted by atomic mass is 10.1. The summed E-state index contributed by atoms with van der Waals surface area (Å²) in [4.78, 5) is 24.5. The first-order valence-electron chi connectivity index (χ1n) is 4.69. The van der Waals surface area contributed by atoms with Crippen LogP contribution in [0, 0.1) is 0 Å². The number of nitrogens with zero attached hydrogens (tertiary/aromatic N) is 1. The molecule has 0 aromatic carbocycles. The van der Waals surface area contributed by atoms with Gasteiger partial charge in [-0.1, -0.05) is 0 Å². The first kappa shape index (κ1) is 11.1. The molecule has 1 atom stereocenters. The molecule has 0 bridgehead atoms. The molecule has 2 rings (SSSR count). The highest BCUT2D eigenvalue weighted by Crippen LogP contribution is 2.41. The third kappa shape index (κ3) is 1.49. The number of thioether (sulfide) groups is 1. The van der Waals surface area contributed by atoms with Crippen LogP contribution in [0.5, 0.6) is 0 Å². The van der Waals surface area contributed by atoms with Crippen molar-refractivity contribution in [1.82, 2.24) is 4.90 Å². The second kappa shape index (κ2) is 3.86. The zero-order chi connectivity index (χ0) is 11.9. The summed E-state index contributed by atoms with van der Waals surface area (Å²) >= 11 is 1.41. The summed E-state index contributed by atoms with van der Waals surface area (Å²) in [5.41, 5.74) is 1.37. The van der Waals surface area contributed by atoms with Crippen LogP contribution in [-0.2, 0) is 14.3 Å². The van der Waals surface area contributed by atoms with Crippen molar-refractivity contribution in [3.8, 4) is 0 Å². The molecule has 2 aliphatic rings. The normalized spacial score (nSPS) is 23.2. The van der Waals surface area contributed by atoms with Crippen molar-refractivity contribution < 1.29 is 19.4 Å². The van der Waals surface area contributed by atoms with Gasteiger partial charge in [-0.3, -0.25) is 0 Å². The molecule has 0 saturated heterocycles. The number of carboxylic acid groups (broad SMARTS) is 1. The molecule has 1 unspecified atom stereocenters. The topological polar surface area (TPSA) is 66.8 Å². The minimum Gasteiger partial charge on any atom is -0.478 e. The third-order valence-electron chi connectivity index (χ3n) is 2.67. The van der Waals surface area contributed by atoms with Gasteiger partial charge >= 0.3 is 11.9 Å². The van der Waals surface area contributed by atoms with Gasteiger partial charge in [0, 0.05) is 5.70 Å². The highest BCUT2D eigenvalue weighted by atomic mass is 32.2. The van der Waals surface area contributed by atoms with Gasteiger partial charge in [0.15, 0.2) is 0 Å². The lowest BCUT2D eigenvalue weighted by molar-refractivity contribution is -0.137. The van der Waals surface area contributed by atoms with Crippen molar-refractivity contribution in [2.24, 2.45) is 0 Å². The molecule has 6 heteroatoms. The molecule has 0 aromatic heterocycles. The summed E-state index contributed by atoms with van der Waals surface area (Å²) in [7, 11) is 1.26. The van der Waals surface area contributed by atoms with E-state index in [0.717, 1.165) is 5.70 Å². The average Bonchev–Trinajstić information content (AvgIpc) is 2.77. The quantitative estimate of drug-likeness (QED) is 0.721. The lowest BCUT2D eigenvalue weighted by Crippen LogP contribution is -2.25. The second-order valence-electron chi connectivity index (χ2n) is 3.56. The highest BCUT2D eigenvalue weighted by molar-refractivity contribution is 8.03. The zero-order valence-electron chi connectivity index (χ0n) is 8.89. The Labute approximate surface area is 96.7 Å². The Morgan fingerprint density at radius 3 is 2.88 bits per heavy atom. The Hall–Kier alpha value is -1.43. The minimum absolute atomic E-state index is 0.143. The standard InChI is InChI=1S/C10H11NO4S/c1-5-4-16-8-7(9(12)13)6(3-11(5)8)10(14)15-2/h4,8H,3H2,1-2H3,(H,12,13). The van der Waals surface area contributed by atoms with Gasteiger partial charge in [-0.15, -0.1) is 11.8 Å². The predicted molar refractivity (Wildman–Crippen MR) is 58.5 cm³/mol. The van der Waals surface area contributed by atoms with E-state index in [1.807, 2.05) is 17.2 Å². The molecule has 2 aliphatic heterocycles. The van der Waals surface area contributed by atoms with Gasteiger partial charge in [-0.25, -0.2) is 9.59 Å². The molecule has 0 radical (unpaired) electrons. The van der Waals surface area contributed by atoms with E-state index < -0.39 is 11.9 Å². The summed E-state index contributed by atoms with van der Waals surface area (Å²) in [5.74, 6) is -1.61. The zero-order valence-corrected chi connectivity index (χ0v) is 9.71. The summed E-state index contributed by atoms with van der Waals surface area (Å²) in [6.45, 7) is 2.21. The first-order valence-corrected chi connectivity index (χ1v) is 5.64. The van der Waals surface area contributed by atoms with Crippen molar-refractivity contribution in [3.05, 3.63) is 22.3 Å². The molecular weight excluding hydrogens is 230 g/mol. The van der Waals surface area contributed by atoms with Gasteiger partial charge in [0.25, 0.3) is 0 Å². The molecule has 5 nitrogen and oxygen atoms in total. The van der Waals surface area contributed by atoms with Gasteiger partial charge in [0.2, 0.25) is 0 Å². The molecule has 0 saturated carbocycles. The SMILES string of the molecule is COC(=O)C1=C(C(=O)O)C2SC=C(C)N2C1. The minimum atomic E-state index is -1.05. The van der Waals surface area contributed by atoms with Crippen LogP contribution >= 0.6 is 11.8 Å². The number of hydrogen-bond acceptors (Lipinski definition) is 5. The smallest absolute Gasteiger partial charge is 0.336 e. The van der Waals surface area contributed by atoms with Crippen molar-refractivity contribution in [2.45, 2.75) is 12.3 Å². The van der Waals surface area contributed by atoms with Crippen LogP contribution in [0.3, 0.4) is 0 Å². The number of rotatable bonds is 2. The fraction of sp³-hybridized carbons (Fsp3) is 0.400. The van der Waals surface area contributed by atoms with Crippen LogP contribution in [-0.4, -0.2) is 41.0 Å². The van der Waals surface area contributed by atoms with Crippen molar-refractivity contribution in [3.63, 3.8) is 0 Å². The van der Waals surface area contributed by atoms with E-state index in [2.05, 4.69) is 4.74 Å². The van der Waals surface area contributed by atoms with Crippen LogP contribution < -0.4 is 0 Å². The summed E-state index contributed by atoms with van der Waals surface area (Å²) in [6.07, 6.45) is 0. The number of hydrogen-bond donors (Lipinski definition) is 1. The predicted octanol–water partition coefficient (Wildman–Crippen LogP) is 0.790. The van der Waals surface area contributed by atoms with Crippen molar-refractivity contribution >= 4 is 23.7 Å². The van der Waals surface area contributed by atoms with Gasteiger partial charge < -0.3 is 14.7 Å². The number of esters is 1. The van der Waals surface area contributed by atoms with E-state index in [-0.39, 0.29) is 16.5 Å². The van der Waals surface area contributed by atoms with Gasteiger partial charge in [0.05, 0.1) is 24.8 Å². The number of carboxylic acids is 1. The van der Waals surface area contributed by atoms with Gasteiger partial charge in [-0.2, -0.15) is 0 Å². The van der Waals surface area contributed by atoms with Crippen LogP contribution in [0.25, 0.3) is 0 Å². The molecule has 0 aliphatic carbocycles. The molecular formula is C10H11NO4S.